The number of hydrogen-bond acceptors (Lipinski definition) is 6. The van der Waals surface area contributed by atoms with Crippen molar-refractivity contribution < 1.29 is 4.42 Å². The fraction of sp³-hybridized carbons (Fsp3) is 0. The molecule has 12 aromatic rings. The van der Waals surface area contributed by atoms with Crippen LogP contribution in [-0.2, 0) is 0 Å². The Morgan fingerprint density at radius 2 is 1.00 bits per heavy atom. The van der Waals surface area contributed by atoms with Crippen LogP contribution in [0.15, 0.2) is 186 Å². The lowest BCUT2D eigenvalue weighted by atomic mass is 9.89. The van der Waals surface area contributed by atoms with Crippen molar-refractivity contribution in [2.45, 2.75) is 0 Å². The van der Waals surface area contributed by atoms with Gasteiger partial charge in [0.2, 0.25) is 0 Å². The van der Waals surface area contributed by atoms with Crippen LogP contribution < -0.4 is 0 Å². The third-order valence-electron chi connectivity index (χ3n) is 11.1. The number of benzene rings is 8. The predicted octanol–water partition coefficient (Wildman–Crippen LogP) is 14.2. The van der Waals surface area contributed by atoms with Gasteiger partial charge in [0, 0.05) is 74.9 Å². The molecule has 0 N–H and O–H groups in total. The molecule has 0 aliphatic heterocycles. The number of rotatable bonds is 5. The first-order chi connectivity index (χ1) is 28.7. The molecule has 4 heterocycles. The summed E-state index contributed by atoms with van der Waals surface area (Å²) >= 11 is 1.77. The van der Waals surface area contributed by atoms with E-state index in [2.05, 4.69) is 140 Å². The molecule has 270 valence electrons. The third-order valence-corrected chi connectivity index (χ3v) is 12.3. The van der Waals surface area contributed by atoms with E-state index in [4.69, 9.17) is 24.4 Å². The first-order valence-corrected chi connectivity index (χ1v) is 20.1. The number of pyridine rings is 1. The van der Waals surface area contributed by atoms with Gasteiger partial charge in [-0.3, -0.25) is 0 Å². The van der Waals surface area contributed by atoms with Gasteiger partial charge in [-0.05, 0) is 42.0 Å². The van der Waals surface area contributed by atoms with E-state index in [0.717, 1.165) is 87.4 Å². The number of nitrogens with zero attached hydrogens (tertiary/aromatic N) is 4. The lowest BCUT2D eigenvalue weighted by Gasteiger charge is -2.16. The van der Waals surface area contributed by atoms with Crippen LogP contribution >= 0.6 is 11.3 Å². The van der Waals surface area contributed by atoms with Crippen molar-refractivity contribution in [1.82, 2.24) is 19.9 Å². The monoisotopic (exact) mass is 758 g/mol. The molecule has 0 spiro atoms. The maximum Gasteiger partial charge on any atom is 0.165 e. The van der Waals surface area contributed by atoms with Gasteiger partial charge in [0.25, 0.3) is 0 Å². The van der Waals surface area contributed by atoms with Gasteiger partial charge in [0.1, 0.15) is 11.2 Å². The highest BCUT2D eigenvalue weighted by Crippen LogP contribution is 2.46. The average molecular weight is 759 g/mol. The van der Waals surface area contributed by atoms with E-state index in [1.54, 1.807) is 11.3 Å². The van der Waals surface area contributed by atoms with Gasteiger partial charge in [0.15, 0.2) is 17.5 Å². The largest absolute Gasteiger partial charge is 0.456 e. The Hall–Kier alpha value is -7.54. The minimum Gasteiger partial charge on any atom is -0.456 e. The smallest absolute Gasteiger partial charge is 0.165 e. The summed E-state index contributed by atoms with van der Waals surface area (Å²) in [5.41, 5.74) is 9.48. The van der Waals surface area contributed by atoms with Crippen LogP contribution in [0.1, 0.15) is 0 Å². The minimum absolute atomic E-state index is 0.596. The van der Waals surface area contributed by atoms with Crippen molar-refractivity contribution in [3.05, 3.63) is 182 Å². The number of thiophene rings is 1. The maximum atomic E-state index is 6.62. The van der Waals surface area contributed by atoms with Crippen LogP contribution in [0.3, 0.4) is 0 Å². The lowest BCUT2D eigenvalue weighted by Crippen LogP contribution is -2.00. The molecule has 0 saturated carbocycles. The summed E-state index contributed by atoms with van der Waals surface area (Å²) in [5.74, 6) is 1.86. The molecule has 58 heavy (non-hydrogen) atoms. The molecule has 12 rings (SSSR count). The van der Waals surface area contributed by atoms with Crippen molar-refractivity contribution in [3.8, 4) is 56.5 Å². The number of furan rings is 1. The second-order valence-electron chi connectivity index (χ2n) is 14.5. The number of fused-ring (bicyclic) bond motifs is 9. The van der Waals surface area contributed by atoms with E-state index in [-0.39, 0.29) is 0 Å². The van der Waals surface area contributed by atoms with Crippen molar-refractivity contribution in [3.63, 3.8) is 0 Å². The molecule has 0 unspecified atom stereocenters. The first-order valence-electron chi connectivity index (χ1n) is 19.3. The highest BCUT2D eigenvalue weighted by molar-refractivity contribution is 7.26. The van der Waals surface area contributed by atoms with Gasteiger partial charge >= 0.3 is 0 Å². The van der Waals surface area contributed by atoms with Crippen molar-refractivity contribution >= 4 is 75.1 Å². The molecule has 0 bridgehead atoms. The highest BCUT2D eigenvalue weighted by atomic mass is 32.1. The van der Waals surface area contributed by atoms with Crippen LogP contribution in [0.2, 0.25) is 0 Å². The second-order valence-corrected chi connectivity index (χ2v) is 15.6. The SMILES string of the molecule is c1ccc(-c2nc(-c3cccc(-c4nc5ccccc5c5c(-c6ccccc6)c6c(cc45)oc4ccccc46)c3)nc(-c3cccc4c3sc3ccccc34)n2)cc1. The zero-order valence-electron chi connectivity index (χ0n) is 30.9. The Balaban J connectivity index is 1.11. The zero-order valence-corrected chi connectivity index (χ0v) is 31.7. The average Bonchev–Trinajstić information content (AvgIpc) is 3.87. The van der Waals surface area contributed by atoms with Crippen LogP contribution in [0.25, 0.3) is 120 Å². The van der Waals surface area contributed by atoms with Gasteiger partial charge in [-0.2, -0.15) is 0 Å². The van der Waals surface area contributed by atoms with E-state index in [1.807, 2.05) is 42.5 Å². The molecular weight excluding hydrogens is 729 g/mol. The van der Waals surface area contributed by atoms with E-state index in [1.165, 1.54) is 15.5 Å². The molecule has 0 saturated heterocycles. The minimum atomic E-state index is 0.596. The summed E-state index contributed by atoms with van der Waals surface area (Å²) in [6.07, 6.45) is 0. The van der Waals surface area contributed by atoms with E-state index < -0.39 is 0 Å². The topological polar surface area (TPSA) is 64.7 Å². The molecule has 8 aromatic carbocycles. The summed E-state index contributed by atoms with van der Waals surface area (Å²) in [6.45, 7) is 0. The van der Waals surface area contributed by atoms with E-state index >= 15 is 0 Å². The van der Waals surface area contributed by atoms with Gasteiger partial charge < -0.3 is 4.42 Å². The number of hydrogen-bond donors (Lipinski definition) is 0. The fourth-order valence-electron chi connectivity index (χ4n) is 8.50. The van der Waals surface area contributed by atoms with Crippen molar-refractivity contribution in [1.29, 1.82) is 0 Å². The molecule has 5 nitrogen and oxygen atoms in total. The predicted molar refractivity (Wildman–Crippen MR) is 240 cm³/mol. The van der Waals surface area contributed by atoms with Crippen LogP contribution in [-0.4, -0.2) is 19.9 Å². The standard InChI is InChI=1S/C52H30N4OS/c1-3-15-31(16-4-1)45-46-37-22-7-10-26-41(37)53-48(40(46)30-43-47(45)38-23-8-11-27-42(38)57-43)33-19-13-20-34(29-33)51-54-50(32-17-5-2-6-18-32)55-52(56-51)39-25-14-24-36-35-21-9-12-28-44(35)58-49(36)39/h1-30H. The fourth-order valence-corrected chi connectivity index (χ4v) is 9.71. The Kier molecular flexibility index (Phi) is 7.33. The molecule has 0 aliphatic rings. The molecule has 0 fully saturated rings. The Morgan fingerprint density at radius 1 is 0.379 bits per heavy atom. The Bertz CT molecular complexity index is 3570. The first kappa shape index (κ1) is 32.7. The summed E-state index contributed by atoms with van der Waals surface area (Å²) in [7, 11) is 0. The Morgan fingerprint density at radius 3 is 1.84 bits per heavy atom. The van der Waals surface area contributed by atoms with Crippen LogP contribution in [0.5, 0.6) is 0 Å². The normalized spacial score (nSPS) is 11.8. The number of para-hydroxylation sites is 2. The summed E-state index contributed by atoms with van der Waals surface area (Å²) < 4.78 is 9.02. The van der Waals surface area contributed by atoms with Gasteiger partial charge in [-0.25, -0.2) is 19.9 Å². The molecule has 4 aromatic heterocycles. The lowest BCUT2D eigenvalue weighted by molar-refractivity contribution is 0.669. The van der Waals surface area contributed by atoms with Crippen molar-refractivity contribution in [2.24, 2.45) is 0 Å². The quantitative estimate of drug-likeness (QED) is 0.164. The summed E-state index contributed by atoms with van der Waals surface area (Å²) in [6, 6.07) is 63.1. The third kappa shape index (κ3) is 5.16. The van der Waals surface area contributed by atoms with Gasteiger partial charge in [0.05, 0.1) is 11.2 Å². The van der Waals surface area contributed by atoms with E-state index in [0.29, 0.717) is 17.5 Å². The molecule has 0 aliphatic carbocycles. The van der Waals surface area contributed by atoms with E-state index in [9.17, 15) is 0 Å². The summed E-state index contributed by atoms with van der Waals surface area (Å²) in [4.78, 5) is 20.9. The molecule has 0 radical (unpaired) electrons. The second kappa shape index (κ2) is 13.0. The molecule has 0 atom stereocenters. The Labute approximate surface area is 336 Å². The van der Waals surface area contributed by atoms with Crippen molar-refractivity contribution in [2.75, 3.05) is 0 Å². The molecule has 6 heteroatoms. The van der Waals surface area contributed by atoms with Gasteiger partial charge in [-0.1, -0.05) is 146 Å². The van der Waals surface area contributed by atoms with Crippen LogP contribution in [0, 0.1) is 0 Å². The van der Waals surface area contributed by atoms with Gasteiger partial charge in [-0.15, -0.1) is 11.3 Å². The molecular formula is C52H30N4OS. The van der Waals surface area contributed by atoms with Crippen LogP contribution in [0.4, 0.5) is 0 Å². The number of aromatic nitrogens is 4. The highest BCUT2D eigenvalue weighted by Gasteiger charge is 2.22. The maximum absolute atomic E-state index is 6.62. The molecule has 0 amide bonds. The zero-order chi connectivity index (χ0) is 38.2. The summed E-state index contributed by atoms with van der Waals surface area (Å²) in [5, 5.41) is 7.87.